The van der Waals surface area contributed by atoms with Gasteiger partial charge in [0, 0.05) is 10.7 Å². The molecule has 4 nitrogen and oxygen atoms in total. The predicted octanol–water partition coefficient (Wildman–Crippen LogP) is 3.21. The van der Waals surface area contributed by atoms with Crippen LogP contribution in [0.4, 0.5) is 0 Å². The quantitative estimate of drug-likeness (QED) is 0.811. The zero-order valence-corrected chi connectivity index (χ0v) is 11.9. The molecule has 0 atom stereocenters. The summed E-state index contributed by atoms with van der Waals surface area (Å²) in [5.74, 6) is 0.370. The zero-order chi connectivity index (χ0) is 13.7. The van der Waals surface area contributed by atoms with Crippen molar-refractivity contribution in [3.05, 3.63) is 58.3 Å². The molecule has 1 aromatic carbocycles. The zero-order valence-electron chi connectivity index (χ0n) is 10.3. The second kappa shape index (κ2) is 6.33. The smallest absolute Gasteiger partial charge is 0.339 e. The lowest BCUT2D eigenvalue weighted by molar-refractivity contribution is 0.0600. The fourth-order valence-electron chi connectivity index (χ4n) is 1.44. The van der Waals surface area contributed by atoms with Gasteiger partial charge in [-0.1, -0.05) is 15.9 Å². The first-order valence-corrected chi connectivity index (χ1v) is 6.40. The largest absolute Gasteiger partial charge is 0.487 e. The maximum Gasteiger partial charge on any atom is 0.339 e. The molecule has 5 heteroatoms. The van der Waals surface area contributed by atoms with Gasteiger partial charge < -0.3 is 9.47 Å². The van der Waals surface area contributed by atoms with Gasteiger partial charge in [0.25, 0.3) is 0 Å². The van der Waals surface area contributed by atoms with E-state index < -0.39 is 5.97 Å². The van der Waals surface area contributed by atoms with Crippen molar-refractivity contribution in [3.63, 3.8) is 0 Å². The summed E-state index contributed by atoms with van der Waals surface area (Å²) in [7, 11) is 1.34. The number of aromatic nitrogens is 1. The van der Waals surface area contributed by atoms with Crippen molar-refractivity contribution >= 4 is 21.9 Å². The fraction of sp³-hybridized carbons (Fsp3) is 0.143. The van der Waals surface area contributed by atoms with Crippen LogP contribution in [0.5, 0.6) is 5.75 Å². The van der Waals surface area contributed by atoms with E-state index in [4.69, 9.17) is 4.74 Å². The summed E-state index contributed by atoms with van der Waals surface area (Å²) in [5.41, 5.74) is 1.17. The van der Waals surface area contributed by atoms with Crippen LogP contribution in [0.2, 0.25) is 0 Å². The summed E-state index contributed by atoms with van der Waals surface area (Å²) in [6, 6.07) is 11.0. The monoisotopic (exact) mass is 321 g/mol. The van der Waals surface area contributed by atoms with Gasteiger partial charge in [-0.15, -0.1) is 0 Å². The summed E-state index contributed by atoms with van der Waals surface area (Å²) in [6.45, 7) is 0.350. The molecule has 0 saturated heterocycles. The summed E-state index contributed by atoms with van der Waals surface area (Å²) < 4.78 is 11.2. The molecule has 1 heterocycles. The molecule has 0 unspecified atom stereocenters. The average Bonchev–Trinajstić information content (AvgIpc) is 2.46. The molecule has 2 rings (SSSR count). The number of halogens is 1. The number of benzene rings is 1. The van der Waals surface area contributed by atoms with Crippen molar-refractivity contribution in [1.29, 1.82) is 0 Å². The van der Waals surface area contributed by atoms with E-state index >= 15 is 0 Å². The highest BCUT2D eigenvalue weighted by Gasteiger charge is 2.05. The third-order valence-corrected chi connectivity index (χ3v) is 2.97. The van der Waals surface area contributed by atoms with Crippen molar-refractivity contribution in [2.45, 2.75) is 6.61 Å². The van der Waals surface area contributed by atoms with Crippen LogP contribution in [-0.2, 0) is 11.3 Å². The molecule has 2 aromatic rings. The molecule has 0 spiro atoms. The Bertz CT molecular complexity index is 552. The van der Waals surface area contributed by atoms with Crippen LogP contribution >= 0.6 is 15.9 Å². The van der Waals surface area contributed by atoms with E-state index in [1.165, 1.54) is 13.3 Å². The van der Waals surface area contributed by atoms with E-state index in [2.05, 4.69) is 25.7 Å². The van der Waals surface area contributed by atoms with E-state index in [-0.39, 0.29) is 0 Å². The van der Waals surface area contributed by atoms with E-state index in [9.17, 15) is 4.79 Å². The van der Waals surface area contributed by atoms with Crippen molar-refractivity contribution in [3.8, 4) is 5.75 Å². The first-order valence-electron chi connectivity index (χ1n) is 5.60. The van der Waals surface area contributed by atoms with Gasteiger partial charge in [0.05, 0.1) is 18.4 Å². The summed E-state index contributed by atoms with van der Waals surface area (Å²) >= 11 is 3.36. The van der Waals surface area contributed by atoms with Gasteiger partial charge in [-0.05, 0) is 36.4 Å². The Kier molecular flexibility index (Phi) is 4.52. The Morgan fingerprint density at radius 1 is 1.21 bits per heavy atom. The second-order valence-corrected chi connectivity index (χ2v) is 4.69. The predicted molar refractivity (Wildman–Crippen MR) is 74.1 cm³/mol. The van der Waals surface area contributed by atoms with Crippen molar-refractivity contribution < 1.29 is 14.3 Å². The summed E-state index contributed by atoms with van der Waals surface area (Å²) in [5, 5.41) is 0. The van der Waals surface area contributed by atoms with Gasteiger partial charge in [0.1, 0.15) is 12.4 Å². The molecule has 0 aliphatic carbocycles. The lowest BCUT2D eigenvalue weighted by Gasteiger charge is -2.06. The van der Waals surface area contributed by atoms with Crippen LogP contribution in [0.1, 0.15) is 16.1 Å². The van der Waals surface area contributed by atoms with Crippen LogP contribution in [0, 0.1) is 0 Å². The Balaban J connectivity index is 1.96. The summed E-state index contributed by atoms with van der Waals surface area (Å²) in [6.07, 6.45) is 1.48. The molecule has 0 saturated carbocycles. The molecule has 0 N–H and O–H groups in total. The Morgan fingerprint density at radius 3 is 2.53 bits per heavy atom. The molecule has 0 fully saturated rings. The molecule has 0 aliphatic rings. The highest BCUT2D eigenvalue weighted by atomic mass is 79.9. The van der Waals surface area contributed by atoms with Gasteiger partial charge in [-0.2, -0.15) is 0 Å². The molecular formula is C14H12BrNO3. The average molecular weight is 322 g/mol. The van der Waals surface area contributed by atoms with Crippen LogP contribution in [0.15, 0.2) is 47.1 Å². The van der Waals surface area contributed by atoms with Crippen molar-refractivity contribution in [2.24, 2.45) is 0 Å². The maximum absolute atomic E-state index is 11.2. The van der Waals surface area contributed by atoms with Crippen LogP contribution < -0.4 is 4.74 Å². The van der Waals surface area contributed by atoms with Gasteiger partial charge in [0.15, 0.2) is 0 Å². The standard InChI is InChI=1S/C14H12BrNO3/c1-18-14(17)10-2-5-12(16-8-10)9-19-13-6-3-11(15)4-7-13/h2-8H,9H2,1H3. The Hall–Kier alpha value is -1.88. The highest BCUT2D eigenvalue weighted by Crippen LogP contribution is 2.17. The topological polar surface area (TPSA) is 48.4 Å². The minimum absolute atomic E-state index is 0.350. The number of pyridine rings is 1. The third kappa shape index (κ3) is 3.79. The number of nitrogens with zero attached hydrogens (tertiary/aromatic N) is 1. The SMILES string of the molecule is COC(=O)c1ccc(COc2ccc(Br)cc2)nc1. The molecule has 0 amide bonds. The highest BCUT2D eigenvalue weighted by molar-refractivity contribution is 9.10. The lowest BCUT2D eigenvalue weighted by Crippen LogP contribution is -2.04. The van der Waals surface area contributed by atoms with Crippen molar-refractivity contribution in [1.82, 2.24) is 4.98 Å². The number of esters is 1. The molecular weight excluding hydrogens is 310 g/mol. The molecule has 0 radical (unpaired) electrons. The number of hydrogen-bond donors (Lipinski definition) is 0. The summed E-state index contributed by atoms with van der Waals surface area (Å²) in [4.78, 5) is 15.4. The Labute approximate surface area is 119 Å². The normalized spacial score (nSPS) is 10.0. The number of carbonyl (C=O) groups excluding carboxylic acids is 1. The molecule has 98 valence electrons. The van der Waals surface area contributed by atoms with E-state index in [1.807, 2.05) is 24.3 Å². The third-order valence-electron chi connectivity index (χ3n) is 2.45. The minimum Gasteiger partial charge on any atom is -0.487 e. The van der Waals surface area contributed by atoms with Gasteiger partial charge in [-0.3, -0.25) is 4.98 Å². The fourth-order valence-corrected chi connectivity index (χ4v) is 1.70. The number of rotatable bonds is 4. The number of methoxy groups -OCH3 is 1. The van der Waals surface area contributed by atoms with E-state index in [0.29, 0.717) is 12.2 Å². The maximum atomic E-state index is 11.2. The molecule has 0 bridgehead atoms. The Morgan fingerprint density at radius 2 is 1.95 bits per heavy atom. The van der Waals surface area contributed by atoms with Gasteiger partial charge in [-0.25, -0.2) is 4.79 Å². The first kappa shape index (κ1) is 13.5. The second-order valence-electron chi connectivity index (χ2n) is 3.77. The minimum atomic E-state index is -0.395. The van der Waals surface area contributed by atoms with E-state index in [0.717, 1.165) is 15.9 Å². The molecule has 19 heavy (non-hydrogen) atoms. The molecule has 0 aliphatic heterocycles. The van der Waals surface area contributed by atoms with Gasteiger partial charge >= 0.3 is 5.97 Å². The number of carbonyl (C=O) groups is 1. The first-order chi connectivity index (χ1) is 9.19. The number of ether oxygens (including phenoxy) is 2. The van der Waals surface area contributed by atoms with Crippen LogP contribution in [-0.4, -0.2) is 18.1 Å². The van der Waals surface area contributed by atoms with E-state index in [1.54, 1.807) is 12.1 Å². The van der Waals surface area contributed by atoms with Gasteiger partial charge in [0.2, 0.25) is 0 Å². The lowest BCUT2D eigenvalue weighted by atomic mass is 10.2. The van der Waals surface area contributed by atoms with Crippen molar-refractivity contribution in [2.75, 3.05) is 7.11 Å². The molecule has 1 aromatic heterocycles. The number of hydrogen-bond acceptors (Lipinski definition) is 4. The van der Waals surface area contributed by atoms with Crippen LogP contribution in [0.3, 0.4) is 0 Å². The van der Waals surface area contributed by atoms with Crippen LogP contribution in [0.25, 0.3) is 0 Å².